The number of carbonyl (C=O) groups excluding carboxylic acids is 1. The molecule has 1 N–H and O–H groups in total. The van der Waals surface area contributed by atoms with Crippen LogP contribution in [0.3, 0.4) is 0 Å². The first-order valence-corrected chi connectivity index (χ1v) is 9.22. The van der Waals surface area contributed by atoms with Crippen molar-refractivity contribution < 1.29 is 4.79 Å². The fourth-order valence-electron chi connectivity index (χ4n) is 4.29. The molecule has 5 heteroatoms. The summed E-state index contributed by atoms with van der Waals surface area (Å²) >= 11 is 6.14. The molecule has 1 atom stereocenters. The van der Waals surface area contributed by atoms with E-state index >= 15 is 0 Å². The average molecular weight is 371 g/mol. The molecule has 24 heavy (non-hydrogen) atoms. The second-order valence-electron chi connectivity index (χ2n) is 7.17. The van der Waals surface area contributed by atoms with E-state index in [1.54, 1.807) is 0 Å². The van der Waals surface area contributed by atoms with Crippen LogP contribution < -0.4 is 5.32 Å². The Morgan fingerprint density at radius 1 is 1.33 bits per heavy atom. The van der Waals surface area contributed by atoms with Gasteiger partial charge in [-0.25, -0.2) is 0 Å². The highest BCUT2D eigenvalue weighted by Crippen LogP contribution is 2.43. The van der Waals surface area contributed by atoms with Gasteiger partial charge >= 0.3 is 0 Å². The molecule has 3 nitrogen and oxygen atoms in total. The van der Waals surface area contributed by atoms with Crippen LogP contribution in [0.15, 0.2) is 24.3 Å². The number of halogens is 2. The first-order valence-electron chi connectivity index (χ1n) is 8.84. The average Bonchev–Trinajstić information content (AvgIpc) is 3.04. The standard InChI is InChI=1S/C19H27ClN2O.ClH/c1-21-17-8-5-11-22(14-17)18(23)19(9-2-3-10-19)13-15-6-4-7-16(20)12-15;/h4,6-7,12,17,21H,2-3,5,8-11,13-14H2,1H3;1H. The number of piperidine rings is 1. The molecule has 1 aliphatic heterocycles. The van der Waals surface area contributed by atoms with E-state index in [1.165, 1.54) is 12.0 Å². The van der Waals surface area contributed by atoms with E-state index in [0.717, 1.165) is 56.6 Å². The van der Waals surface area contributed by atoms with E-state index in [-0.39, 0.29) is 17.8 Å². The van der Waals surface area contributed by atoms with Crippen molar-refractivity contribution in [2.24, 2.45) is 5.41 Å². The van der Waals surface area contributed by atoms with Crippen LogP contribution >= 0.6 is 24.0 Å². The third-order valence-corrected chi connectivity index (χ3v) is 5.80. The number of hydrogen-bond donors (Lipinski definition) is 1. The van der Waals surface area contributed by atoms with Crippen LogP contribution in [0, 0.1) is 5.41 Å². The molecule has 0 spiro atoms. The Labute approximate surface area is 156 Å². The van der Waals surface area contributed by atoms with Crippen LogP contribution in [0.5, 0.6) is 0 Å². The van der Waals surface area contributed by atoms with E-state index in [4.69, 9.17) is 11.6 Å². The van der Waals surface area contributed by atoms with E-state index in [2.05, 4.69) is 16.3 Å². The summed E-state index contributed by atoms with van der Waals surface area (Å²) in [6.45, 7) is 1.76. The Morgan fingerprint density at radius 3 is 2.75 bits per heavy atom. The van der Waals surface area contributed by atoms with Gasteiger partial charge in [-0.15, -0.1) is 12.4 Å². The maximum Gasteiger partial charge on any atom is 0.229 e. The molecule has 1 saturated carbocycles. The number of likely N-dealkylation sites (N-methyl/N-ethyl adjacent to an activating group) is 1. The van der Waals surface area contributed by atoms with Crippen LogP contribution in [0.4, 0.5) is 0 Å². The molecule has 2 fully saturated rings. The minimum absolute atomic E-state index is 0. The Kier molecular flexibility index (Phi) is 6.97. The largest absolute Gasteiger partial charge is 0.341 e. The molecule has 3 rings (SSSR count). The number of nitrogens with zero attached hydrogens (tertiary/aromatic N) is 1. The van der Waals surface area contributed by atoms with Gasteiger partial charge in [0.2, 0.25) is 5.91 Å². The van der Waals surface area contributed by atoms with Crippen LogP contribution in [0.25, 0.3) is 0 Å². The maximum absolute atomic E-state index is 13.3. The van der Waals surface area contributed by atoms with Gasteiger partial charge in [-0.2, -0.15) is 0 Å². The van der Waals surface area contributed by atoms with Crippen molar-refractivity contribution in [3.8, 4) is 0 Å². The molecule has 1 heterocycles. The molecule has 0 radical (unpaired) electrons. The van der Waals surface area contributed by atoms with Crippen LogP contribution in [0.1, 0.15) is 44.1 Å². The quantitative estimate of drug-likeness (QED) is 0.865. The lowest BCUT2D eigenvalue weighted by Crippen LogP contribution is -2.52. The zero-order chi connectivity index (χ0) is 16.3. The van der Waals surface area contributed by atoms with Crippen LogP contribution in [-0.2, 0) is 11.2 Å². The third-order valence-electron chi connectivity index (χ3n) is 5.56. The Morgan fingerprint density at radius 2 is 2.08 bits per heavy atom. The monoisotopic (exact) mass is 370 g/mol. The molecular formula is C19H28Cl2N2O. The maximum atomic E-state index is 13.3. The van der Waals surface area contributed by atoms with Gasteiger partial charge in [0.15, 0.2) is 0 Å². The van der Waals surface area contributed by atoms with E-state index in [1.807, 2.05) is 25.2 Å². The fourth-order valence-corrected chi connectivity index (χ4v) is 4.50. The summed E-state index contributed by atoms with van der Waals surface area (Å²) in [5.41, 5.74) is 0.982. The smallest absolute Gasteiger partial charge is 0.229 e. The summed E-state index contributed by atoms with van der Waals surface area (Å²) < 4.78 is 0. The molecule has 2 aliphatic rings. The van der Waals surface area contributed by atoms with Crippen molar-refractivity contribution in [2.75, 3.05) is 20.1 Å². The molecule has 1 aromatic rings. The number of amides is 1. The van der Waals surface area contributed by atoms with Gasteiger partial charge < -0.3 is 10.2 Å². The zero-order valence-corrected chi connectivity index (χ0v) is 16.0. The fraction of sp³-hybridized carbons (Fsp3) is 0.632. The first-order chi connectivity index (χ1) is 11.1. The predicted octanol–water partition coefficient (Wildman–Crippen LogP) is 4.08. The number of benzene rings is 1. The molecule has 1 saturated heterocycles. The first kappa shape index (κ1) is 19.6. The van der Waals surface area contributed by atoms with Gasteiger partial charge in [-0.1, -0.05) is 36.6 Å². The van der Waals surface area contributed by atoms with Crippen molar-refractivity contribution in [2.45, 2.75) is 51.0 Å². The van der Waals surface area contributed by atoms with Gasteiger partial charge in [0, 0.05) is 24.2 Å². The van der Waals surface area contributed by atoms with Crippen molar-refractivity contribution >= 4 is 29.9 Å². The number of carbonyl (C=O) groups is 1. The molecule has 134 valence electrons. The second-order valence-corrected chi connectivity index (χ2v) is 7.61. The highest BCUT2D eigenvalue weighted by atomic mass is 35.5. The minimum atomic E-state index is -0.208. The lowest BCUT2D eigenvalue weighted by Gasteiger charge is -2.39. The molecule has 1 amide bonds. The molecule has 1 unspecified atom stereocenters. The van der Waals surface area contributed by atoms with Gasteiger partial charge in [0.05, 0.1) is 5.41 Å². The van der Waals surface area contributed by atoms with E-state index in [0.29, 0.717) is 11.9 Å². The Bertz CT molecular complexity index is 558. The number of rotatable bonds is 4. The van der Waals surface area contributed by atoms with Crippen molar-refractivity contribution in [3.63, 3.8) is 0 Å². The summed E-state index contributed by atoms with van der Waals surface area (Å²) in [7, 11) is 2.00. The minimum Gasteiger partial charge on any atom is -0.341 e. The van der Waals surface area contributed by atoms with E-state index < -0.39 is 0 Å². The summed E-state index contributed by atoms with van der Waals surface area (Å²) in [5, 5.41) is 4.10. The van der Waals surface area contributed by atoms with Crippen molar-refractivity contribution in [1.29, 1.82) is 0 Å². The zero-order valence-electron chi connectivity index (χ0n) is 14.4. The molecule has 1 aromatic carbocycles. The Balaban J connectivity index is 0.00000208. The molecule has 0 bridgehead atoms. The van der Waals surface area contributed by atoms with E-state index in [9.17, 15) is 4.79 Å². The second kappa shape index (κ2) is 8.55. The highest BCUT2D eigenvalue weighted by Gasteiger charge is 2.44. The van der Waals surface area contributed by atoms with Gasteiger partial charge in [-0.3, -0.25) is 4.79 Å². The summed E-state index contributed by atoms with van der Waals surface area (Å²) in [5.74, 6) is 0.370. The Hall–Kier alpha value is -0.770. The van der Waals surface area contributed by atoms with Gasteiger partial charge in [0.1, 0.15) is 0 Å². The van der Waals surface area contributed by atoms with Gasteiger partial charge in [0.25, 0.3) is 0 Å². The third kappa shape index (κ3) is 4.25. The number of likely N-dealkylation sites (tertiary alicyclic amines) is 1. The van der Waals surface area contributed by atoms with Gasteiger partial charge in [-0.05, 0) is 56.8 Å². The predicted molar refractivity (Wildman–Crippen MR) is 102 cm³/mol. The lowest BCUT2D eigenvalue weighted by atomic mass is 9.78. The SMILES string of the molecule is CNC1CCCN(C(=O)C2(Cc3cccc(Cl)c3)CCCC2)C1.Cl. The van der Waals surface area contributed by atoms with Crippen molar-refractivity contribution in [3.05, 3.63) is 34.9 Å². The summed E-state index contributed by atoms with van der Waals surface area (Å²) in [4.78, 5) is 15.4. The summed E-state index contributed by atoms with van der Waals surface area (Å²) in [6.07, 6.45) is 7.45. The van der Waals surface area contributed by atoms with Crippen LogP contribution in [0.2, 0.25) is 5.02 Å². The number of nitrogens with one attached hydrogen (secondary N) is 1. The molecular weight excluding hydrogens is 343 g/mol. The molecule has 0 aromatic heterocycles. The molecule has 1 aliphatic carbocycles. The van der Waals surface area contributed by atoms with Crippen molar-refractivity contribution in [1.82, 2.24) is 10.2 Å². The van der Waals surface area contributed by atoms with Crippen LogP contribution in [-0.4, -0.2) is 37.0 Å². The summed E-state index contributed by atoms with van der Waals surface area (Å²) in [6, 6.07) is 8.45. The highest BCUT2D eigenvalue weighted by molar-refractivity contribution is 6.30. The lowest BCUT2D eigenvalue weighted by molar-refractivity contribution is -0.143. The topological polar surface area (TPSA) is 32.3 Å². The number of hydrogen-bond acceptors (Lipinski definition) is 2. The normalized spacial score (nSPS) is 22.9.